The minimum atomic E-state index is -1.13. The van der Waals surface area contributed by atoms with Crippen LogP contribution in [0.25, 0.3) is 0 Å². The number of morpholine rings is 1. The van der Waals surface area contributed by atoms with Gasteiger partial charge in [-0.15, -0.1) is 0 Å². The molecule has 0 radical (unpaired) electrons. The SMILES string of the molecule is CC1CN(C(=O)NCC(=O)NCC(=O)O)CC(C)O1. The number of urea groups is 1. The molecule has 1 aliphatic rings. The van der Waals surface area contributed by atoms with Crippen LogP contribution < -0.4 is 10.6 Å². The van der Waals surface area contributed by atoms with E-state index in [1.165, 1.54) is 0 Å². The minimum Gasteiger partial charge on any atom is -0.480 e. The van der Waals surface area contributed by atoms with Gasteiger partial charge in [0, 0.05) is 13.1 Å². The monoisotopic (exact) mass is 273 g/mol. The zero-order chi connectivity index (χ0) is 14.4. The molecule has 8 nitrogen and oxygen atoms in total. The third kappa shape index (κ3) is 5.56. The summed E-state index contributed by atoms with van der Waals surface area (Å²) in [5.74, 6) is -1.67. The van der Waals surface area contributed by atoms with Crippen LogP contribution in [0.1, 0.15) is 13.8 Å². The molecule has 0 aromatic carbocycles. The van der Waals surface area contributed by atoms with Crippen LogP contribution in [0.15, 0.2) is 0 Å². The van der Waals surface area contributed by atoms with Gasteiger partial charge in [0.25, 0.3) is 0 Å². The molecule has 1 saturated heterocycles. The maximum absolute atomic E-state index is 11.8. The van der Waals surface area contributed by atoms with Crippen molar-refractivity contribution in [1.29, 1.82) is 0 Å². The second-order valence-corrected chi connectivity index (χ2v) is 4.49. The summed E-state index contributed by atoms with van der Waals surface area (Å²) >= 11 is 0. The first kappa shape index (κ1) is 15.2. The first-order chi connectivity index (χ1) is 8.88. The van der Waals surface area contributed by atoms with Gasteiger partial charge in [0.15, 0.2) is 0 Å². The topological polar surface area (TPSA) is 108 Å². The molecule has 8 heteroatoms. The van der Waals surface area contributed by atoms with Gasteiger partial charge >= 0.3 is 12.0 Å². The summed E-state index contributed by atoms with van der Waals surface area (Å²) < 4.78 is 5.49. The van der Waals surface area contributed by atoms with Gasteiger partial charge in [-0.25, -0.2) is 4.79 Å². The van der Waals surface area contributed by atoms with Crippen LogP contribution in [0.5, 0.6) is 0 Å². The Hall–Kier alpha value is -1.83. The number of carbonyl (C=O) groups excluding carboxylic acids is 2. The molecule has 0 saturated carbocycles. The lowest BCUT2D eigenvalue weighted by atomic mass is 10.2. The second-order valence-electron chi connectivity index (χ2n) is 4.49. The molecule has 19 heavy (non-hydrogen) atoms. The highest BCUT2D eigenvalue weighted by Crippen LogP contribution is 2.10. The number of carbonyl (C=O) groups is 3. The van der Waals surface area contributed by atoms with Crippen molar-refractivity contribution in [2.75, 3.05) is 26.2 Å². The normalized spacial score (nSPS) is 22.7. The minimum absolute atomic E-state index is 0.0460. The van der Waals surface area contributed by atoms with E-state index in [9.17, 15) is 14.4 Å². The third-order valence-corrected chi connectivity index (χ3v) is 2.54. The van der Waals surface area contributed by atoms with Crippen LogP contribution in [0.2, 0.25) is 0 Å². The van der Waals surface area contributed by atoms with Gasteiger partial charge in [-0.3, -0.25) is 9.59 Å². The van der Waals surface area contributed by atoms with Gasteiger partial charge < -0.3 is 25.4 Å². The summed E-state index contributed by atoms with van der Waals surface area (Å²) in [5.41, 5.74) is 0. The fourth-order valence-electron chi connectivity index (χ4n) is 1.85. The molecule has 108 valence electrons. The highest BCUT2D eigenvalue weighted by molar-refractivity contribution is 5.86. The van der Waals surface area contributed by atoms with Gasteiger partial charge in [-0.1, -0.05) is 0 Å². The zero-order valence-electron chi connectivity index (χ0n) is 11.0. The van der Waals surface area contributed by atoms with Crippen LogP contribution in [-0.4, -0.2) is 66.3 Å². The van der Waals surface area contributed by atoms with Crippen LogP contribution in [-0.2, 0) is 14.3 Å². The Kier molecular flexibility index (Phi) is 5.56. The van der Waals surface area contributed by atoms with Gasteiger partial charge in [-0.05, 0) is 13.8 Å². The van der Waals surface area contributed by atoms with E-state index in [1.807, 2.05) is 13.8 Å². The van der Waals surface area contributed by atoms with Crippen molar-refractivity contribution in [1.82, 2.24) is 15.5 Å². The quantitative estimate of drug-likeness (QED) is 0.609. The number of aliphatic carboxylic acids is 1. The molecule has 3 N–H and O–H groups in total. The highest BCUT2D eigenvalue weighted by Gasteiger charge is 2.25. The average molecular weight is 273 g/mol. The van der Waals surface area contributed by atoms with E-state index in [-0.39, 0.29) is 24.8 Å². The molecule has 2 unspecified atom stereocenters. The maximum Gasteiger partial charge on any atom is 0.322 e. The molecule has 1 rings (SSSR count). The number of hydrogen-bond acceptors (Lipinski definition) is 4. The Balaban J connectivity index is 2.30. The van der Waals surface area contributed by atoms with E-state index >= 15 is 0 Å². The number of nitrogens with zero attached hydrogens (tertiary/aromatic N) is 1. The largest absolute Gasteiger partial charge is 0.480 e. The lowest BCUT2D eigenvalue weighted by Crippen LogP contribution is -2.53. The number of hydrogen-bond donors (Lipinski definition) is 3. The van der Waals surface area contributed by atoms with E-state index in [0.717, 1.165) is 0 Å². The van der Waals surface area contributed by atoms with Crippen LogP contribution in [0.4, 0.5) is 4.79 Å². The molecular weight excluding hydrogens is 254 g/mol. The Bertz CT molecular complexity index is 350. The molecular formula is C11H19N3O5. The summed E-state index contributed by atoms with van der Waals surface area (Å²) in [4.78, 5) is 34.8. The fourth-order valence-corrected chi connectivity index (χ4v) is 1.85. The van der Waals surface area contributed by atoms with Crippen molar-refractivity contribution in [2.45, 2.75) is 26.1 Å². The van der Waals surface area contributed by atoms with E-state index in [4.69, 9.17) is 9.84 Å². The van der Waals surface area contributed by atoms with Crippen molar-refractivity contribution < 1.29 is 24.2 Å². The summed E-state index contributed by atoms with van der Waals surface area (Å²) in [7, 11) is 0. The predicted molar refractivity (Wildman–Crippen MR) is 65.6 cm³/mol. The molecule has 1 heterocycles. The van der Waals surface area contributed by atoms with Gasteiger partial charge in [0.2, 0.25) is 5.91 Å². The van der Waals surface area contributed by atoms with Crippen LogP contribution >= 0.6 is 0 Å². The molecule has 0 aliphatic carbocycles. The predicted octanol–water partition coefficient (Wildman–Crippen LogP) is -0.994. The lowest BCUT2D eigenvalue weighted by molar-refractivity contribution is -0.137. The molecule has 3 amide bonds. The van der Waals surface area contributed by atoms with Crippen molar-refractivity contribution in [3.05, 3.63) is 0 Å². The Labute approximate surface area is 111 Å². The van der Waals surface area contributed by atoms with Crippen molar-refractivity contribution >= 4 is 17.9 Å². The van der Waals surface area contributed by atoms with Crippen LogP contribution in [0, 0.1) is 0 Å². The molecule has 0 bridgehead atoms. The van der Waals surface area contributed by atoms with Gasteiger partial charge in [0.1, 0.15) is 6.54 Å². The van der Waals surface area contributed by atoms with Crippen molar-refractivity contribution in [3.8, 4) is 0 Å². The molecule has 1 aliphatic heterocycles. The number of amides is 3. The van der Waals surface area contributed by atoms with E-state index in [1.54, 1.807) is 4.90 Å². The van der Waals surface area contributed by atoms with Gasteiger partial charge in [-0.2, -0.15) is 0 Å². The lowest BCUT2D eigenvalue weighted by Gasteiger charge is -2.35. The van der Waals surface area contributed by atoms with E-state index in [0.29, 0.717) is 13.1 Å². The number of nitrogens with one attached hydrogen (secondary N) is 2. The number of carboxylic acids is 1. The Morgan fingerprint density at radius 2 is 1.74 bits per heavy atom. The number of ether oxygens (including phenoxy) is 1. The van der Waals surface area contributed by atoms with E-state index < -0.39 is 18.4 Å². The standard InChI is InChI=1S/C11H19N3O5/c1-7-5-14(6-8(2)19-7)11(18)13-3-9(15)12-4-10(16)17/h7-8H,3-6H2,1-2H3,(H,12,15)(H,13,18)(H,16,17). The second kappa shape index (κ2) is 6.93. The zero-order valence-corrected chi connectivity index (χ0v) is 11.0. The molecule has 0 aromatic rings. The molecule has 0 spiro atoms. The first-order valence-electron chi connectivity index (χ1n) is 6.05. The summed E-state index contributed by atoms with van der Waals surface area (Å²) in [6, 6.07) is -0.354. The Morgan fingerprint density at radius 3 is 2.26 bits per heavy atom. The van der Waals surface area contributed by atoms with Crippen LogP contribution in [0.3, 0.4) is 0 Å². The summed E-state index contributed by atoms with van der Waals surface area (Å²) in [6.45, 7) is 3.97. The number of rotatable bonds is 4. The third-order valence-electron chi connectivity index (χ3n) is 2.54. The highest BCUT2D eigenvalue weighted by atomic mass is 16.5. The Morgan fingerprint density at radius 1 is 1.16 bits per heavy atom. The van der Waals surface area contributed by atoms with Crippen molar-refractivity contribution in [3.63, 3.8) is 0 Å². The molecule has 2 atom stereocenters. The average Bonchev–Trinajstić information content (AvgIpc) is 2.32. The van der Waals surface area contributed by atoms with E-state index in [2.05, 4.69) is 10.6 Å². The summed E-state index contributed by atoms with van der Waals surface area (Å²) in [6.07, 6.45) is -0.0920. The molecule has 1 fully saturated rings. The summed E-state index contributed by atoms with van der Waals surface area (Å²) in [5, 5.41) is 13.0. The molecule has 0 aromatic heterocycles. The maximum atomic E-state index is 11.8. The van der Waals surface area contributed by atoms with Gasteiger partial charge in [0.05, 0.1) is 18.8 Å². The van der Waals surface area contributed by atoms with Crippen molar-refractivity contribution in [2.24, 2.45) is 0 Å². The first-order valence-corrected chi connectivity index (χ1v) is 6.05. The number of carboxylic acid groups (broad SMARTS) is 1. The fraction of sp³-hybridized carbons (Fsp3) is 0.727. The smallest absolute Gasteiger partial charge is 0.322 e.